The molecule has 0 aliphatic carbocycles. The summed E-state index contributed by atoms with van der Waals surface area (Å²) in [6, 6.07) is -0.706. The summed E-state index contributed by atoms with van der Waals surface area (Å²) in [5, 5.41) is 53.3. The molecule has 0 spiro atoms. The maximum atomic E-state index is 12.7. The molecular weight excluding hydrogens is 562 g/mol. The first-order chi connectivity index (χ1) is 21.3. The number of amides is 1. The Morgan fingerprint density at radius 3 is 1.61 bits per heavy atom. The highest BCUT2D eigenvalue weighted by Crippen LogP contribution is 2.23. The average Bonchev–Trinajstić information content (AvgIpc) is 3.02. The molecule has 0 aromatic carbocycles. The molecule has 1 aliphatic rings. The monoisotopic (exact) mass is 632 g/mol. The van der Waals surface area contributed by atoms with Gasteiger partial charge in [0.25, 0.3) is 0 Å². The van der Waals surface area contributed by atoms with E-state index in [0.29, 0.717) is 12.8 Å². The van der Waals surface area contributed by atoms with Crippen LogP contribution in [-0.4, -0.2) is 87.5 Å². The van der Waals surface area contributed by atoms with Gasteiger partial charge in [0.2, 0.25) is 5.91 Å². The summed E-state index contributed by atoms with van der Waals surface area (Å²) in [5.41, 5.74) is 0. The van der Waals surface area contributed by atoms with Crippen LogP contribution < -0.4 is 5.32 Å². The Hall–Kier alpha value is -0.810. The molecule has 0 bridgehead atoms. The number of unbranched alkanes of at least 4 members (excludes halogenated alkanes) is 19. The number of nitrogens with one attached hydrogen (secondary N) is 1. The van der Waals surface area contributed by atoms with E-state index in [2.05, 4.69) is 19.2 Å². The zero-order chi connectivity index (χ0) is 32.4. The molecule has 1 aliphatic heterocycles. The number of carbonyl (C=O) groups excluding carboxylic acids is 1. The third kappa shape index (κ3) is 19.0. The molecule has 262 valence electrons. The van der Waals surface area contributed by atoms with Crippen LogP contribution in [0, 0.1) is 0 Å². The van der Waals surface area contributed by atoms with Gasteiger partial charge in [-0.05, 0) is 12.8 Å². The quantitative estimate of drug-likeness (QED) is 0.0580. The van der Waals surface area contributed by atoms with Crippen molar-refractivity contribution in [3.63, 3.8) is 0 Å². The van der Waals surface area contributed by atoms with Gasteiger partial charge in [0.1, 0.15) is 24.4 Å². The minimum absolute atomic E-state index is 0.138. The van der Waals surface area contributed by atoms with Gasteiger partial charge in [-0.25, -0.2) is 0 Å². The fraction of sp³-hybridized carbons (Fsp3) is 0.971. The molecule has 1 amide bonds. The number of aliphatic hydroxyl groups is 5. The number of carbonyl (C=O) groups is 1. The highest BCUT2D eigenvalue weighted by atomic mass is 16.7. The van der Waals surface area contributed by atoms with E-state index in [1.165, 1.54) is 96.3 Å². The lowest BCUT2D eigenvalue weighted by molar-refractivity contribution is -0.302. The second kappa shape index (κ2) is 27.3. The predicted molar refractivity (Wildman–Crippen MR) is 175 cm³/mol. The van der Waals surface area contributed by atoms with Crippen molar-refractivity contribution in [3.05, 3.63) is 0 Å². The molecule has 44 heavy (non-hydrogen) atoms. The van der Waals surface area contributed by atoms with Crippen molar-refractivity contribution in [2.24, 2.45) is 0 Å². The third-order valence-electron chi connectivity index (χ3n) is 8.96. The molecule has 0 saturated carbocycles. The van der Waals surface area contributed by atoms with Crippen molar-refractivity contribution in [1.29, 1.82) is 0 Å². The second-order valence-electron chi connectivity index (χ2n) is 13.0. The van der Waals surface area contributed by atoms with Gasteiger partial charge >= 0.3 is 0 Å². The summed E-state index contributed by atoms with van der Waals surface area (Å²) in [6.45, 7) is 3.66. The van der Waals surface area contributed by atoms with Crippen molar-refractivity contribution in [1.82, 2.24) is 5.32 Å². The molecule has 0 aromatic rings. The number of aliphatic hydroxyl groups excluding tert-OH is 5. The molecule has 6 N–H and O–H groups in total. The third-order valence-corrected chi connectivity index (χ3v) is 8.96. The maximum Gasteiger partial charge on any atom is 0.220 e. The van der Waals surface area contributed by atoms with E-state index in [-0.39, 0.29) is 12.5 Å². The Labute approximate surface area is 268 Å². The molecule has 7 atom stereocenters. The summed E-state index contributed by atoms with van der Waals surface area (Å²) in [4.78, 5) is 12.7. The molecule has 1 saturated heterocycles. The van der Waals surface area contributed by atoms with Gasteiger partial charge < -0.3 is 40.3 Å². The van der Waals surface area contributed by atoms with Crippen molar-refractivity contribution in [2.75, 3.05) is 13.2 Å². The van der Waals surface area contributed by atoms with Crippen LogP contribution in [0.25, 0.3) is 0 Å². The SMILES string of the molecule is CCCCCCCCCCCCCCCCCCCCC(=O)NC(COC1OC(CO)C(O)C(O)C1O)C(O)CCCCC. The number of rotatable bonds is 29. The lowest BCUT2D eigenvalue weighted by Crippen LogP contribution is -2.60. The minimum atomic E-state index is -1.54. The van der Waals surface area contributed by atoms with E-state index in [4.69, 9.17) is 9.47 Å². The summed E-state index contributed by atoms with van der Waals surface area (Å²) in [5.74, 6) is -0.154. The smallest absolute Gasteiger partial charge is 0.220 e. The predicted octanol–water partition coefficient (Wildman–Crippen LogP) is 5.66. The van der Waals surface area contributed by atoms with Crippen LogP contribution in [0.1, 0.15) is 162 Å². The Morgan fingerprint density at radius 1 is 0.682 bits per heavy atom. The van der Waals surface area contributed by atoms with Crippen LogP contribution in [0.2, 0.25) is 0 Å². The average molecular weight is 632 g/mol. The van der Waals surface area contributed by atoms with E-state index in [0.717, 1.165) is 38.5 Å². The van der Waals surface area contributed by atoms with E-state index < -0.39 is 49.5 Å². The topological polar surface area (TPSA) is 149 Å². The number of hydrogen-bond donors (Lipinski definition) is 6. The largest absolute Gasteiger partial charge is 0.394 e. The fourth-order valence-electron chi connectivity index (χ4n) is 5.92. The zero-order valence-corrected chi connectivity index (χ0v) is 28.2. The molecule has 9 nitrogen and oxygen atoms in total. The van der Waals surface area contributed by atoms with Crippen molar-refractivity contribution < 1.29 is 39.8 Å². The molecule has 9 heteroatoms. The fourth-order valence-corrected chi connectivity index (χ4v) is 5.92. The van der Waals surface area contributed by atoms with E-state index in [9.17, 15) is 30.3 Å². The highest BCUT2D eigenvalue weighted by molar-refractivity contribution is 5.76. The van der Waals surface area contributed by atoms with Gasteiger partial charge in [-0.3, -0.25) is 4.79 Å². The molecule has 1 rings (SSSR count). The van der Waals surface area contributed by atoms with Crippen LogP contribution in [0.15, 0.2) is 0 Å². The summed E-state index contributed by atoms with van der Waals surface area (Å²) < 4.78 is 11.1. The first-order valence-electron chi connectivity index (χ1n) is 18.2. The summed E-state index contributed by atoms with van der Waals surface area (Å²) in [6.07, 6.45) is 19.1. The molecular formula is C35H69NO8. The van der Waals surface area contributed by atoms with Crippen molar-refractivity contribution >= 4 is 5.91 Å². The van der Waals surface area contributed by atoms with Crippen LogP contribution in [0.3, 0.4) is 0 Å². The van der Waals surface area contributed by atoms with Crippen molar-refractivity contribution in [2.45, 2.75) is 204 Å². The van der Waals surface area contributed by atoms with E-state index >= 15 is 0 Å². The van der Waals surface area contributed by atoms with Crippen LogP contribution in [0.5, 0.6) is 0 Å². The Bertz CT molecular complexity index is 667. The van der Waals surface area contributed by atoms with E-state index in [1.54, 1.807) is 0 Å². The van der Waals surface area contributed by atoms with E-state index in [1.807, 2.05) is 0 Å². The van der Waals surface area contributed by atoms with Crippen molar-refractivity contribution in [3.8, 4) is 0 Å². The molecule has 7 unspecified atom stereocenters. The Morgan fingerprint density at radius 2 is 1.14 bits per heavy atom. The highest BCUT2D eigenvalue weighted by Gasteiger charge is 2.44. The summed E-state index contributed by atoms with van der Waals surface area (Å²) in [7, 11) is 0. The molecule has 1 heterocycles. The van der Waals surface area contributed by atoms with Gasteiger partial charge in [0, 0.05) is 6.42 Å². The standard InChI is InChI=1S/C35H69NO8/c1-3-5-7-8-9-10-11-12-13-14-15-16-17-18-19-20-21-23-25-31(39)36-28(29(38)24-22-6-4-2)27-43-35-34(42)33(41)32(40)30(26-37)44-35/h28-30,32-35,37-38,40-42H,3-27H2,1-2H3,(H,36,39). The van der Waals surface area contributed by atoms with Gasteiger partial charge in [0.15, 0.2) is 6.29 Å². The first kappa shape index (κ1) is 41.2. The van der Waals surface area contributed by atoms with Gasteiger partial charge in [-0.15, -0.1) is 0 Å². The minimum Gasteiger partial charge on any atom is -0.394 e. The van der Waals surface area contributed by atoms with Crippen LogP contribution in [-0.2, 0) is 14.3 Å². The number of ether oxygens (including phenoxy) is 2. The Balaban J connectivity index is 2.20. The zero-order valence-electron chi connectivity index (χ0n) is 28.2. The lowest BCUT2D eigenvalue weighted by Gasteiger charge is -2.40. The summed E-state index contributed by atoms with van der Waals surface area (Å²) >= 11 is 0. The van der Waals surface area contributed by atoms with Gasteiger partial charge in [-0.2, -0.15) is 0 Å². The molecule has 0 aromatic heterocycles. The number of hydrogen-bond acceptors (Lipinski definition) is 8. The Kier molecular flexibility index (Phi) is 25.6. The second-order valence-corrected chi connectivity index (χ2v) is 13.0. The molecule has 0 radical (unpaired) electrons. The van der Waals surface area contributed by atoms with Crippen LogP contribution in [0.4, 0.5) is 0 Å². The normalized spacial score (nSPS) is 23.5. The maximum absolute atomic E-state index is 12.7. The van der Waals surface area contributed by atoms with Gasteiger partial charge in [0.05, 0.1) is 25.4 Å². The van der Waals surface area contributed by atoms with Crippen LogP contribution >= 0.6 is 0 Å². The molecule has 1 fully saturated rings. The van der Waals surface area contributed by atoms with Gasteiger partial charge in [-0.1, -0.05) is 142 Å². The lowest BCUT2D eigenvalue weighted by atomic mass is 9.99. The first-order valence-corrected chi connectivity index (χ1v) is 18.2.